The van der Waals surface area contributed by atoms with Crippen LogP contribution in [0.1, 0.15) is 19.3 Å². The average Bonchev–Trinajstić information content (AvgIpc) is 3.10. The largest absolute Gasteiger partial charge is 0.369 e. The number of hydrogen-bond acceptors (Lipinski definition) is 5. The molecule has 1 atom stereocenters. The lowest BCUT2D eigenvalue weighted by molar-refractivity contribution is -0.120. The molecule has 3 aromatic heterocycles. The van der Waals surface area contributed by atoms with Gasteiger partial charge in [0.2, 0.25) is 5.91 Å². The normalized spacial score (nSPS) is 17.6. The van der Waals surface area contributed by atoms with E-state index >= 15 is 0 Å². The fourth-order valence-corrected chi connectivity index (χ4v) is 3.57. The van der Waals surface area contributed by atoms with Gasteiger partial charge in [-0.1, -0.05) is 0 Å². The standard InChI is InChI=1S/C18H18N6O/c19-6-3-16(25)23-12-2-1-9-24(11-12)15-5-8-20-14-10-22-18-13(17(14)15)4-7-21-18/h4-5,7-8,10,12,20H,1-3,9,11H2,(H,23,25). The van der Waals surface area contributed by atoms with Crippen LogP contribution in [0.4, 0.5) is 5.69 Å². The Morgan fingerprint density at radius 3 is 3.24 bits per heavy atom. The van der Waals surface area contributed by atoms with Crippen LogP contribution in [0.25, 0.3) is 21.9 Å². The van der Waals surface area contributed by atoms with E-state index in [9.17, 15) is 4.79 Å². The number of fused-ring (bicyclic) bond motifs is 3. The number of nitrogens with one attached hydrogen (secondary N) is 2. The SMILES string of the molecule is N#CCC(=O)NC1CCCN(c2cc[nH]c3cnc4nccc4c23)C1. The summed E-state index contributed by atoms with van der Waals surface area (Å²) in [5.74, 6) is -0.201. The number of carbonyl (C=O) groups is 1. The summed E-state index contributed by atoms with van der Waals surface area (Å²) in [5, 5.41) is 13.8. The first-order chi connectivity index (χ1) is 12.3. The number of aromatic nitrogens is 3. The Kier molecular flexibility index (Phi) is 3.94. The van der Waals surface area contributed by atoms with Gasteiger partial charge in [0.1, 0.15) is 6.42 Å². The van der Waals surface area contributed by atoms with E-state index in [-0.39, 0.29) is 18.4 Å². The summed E-state index contributed by atoms with van der Waals surface area (Å²) in [7, 11) is 0. The van der Waals surface area contributed by atoms with Crippen LogP contribution in [0.15, 0.2) is 30.7 Å². The molecule has 25 heavy (non-hydrogen) atoms. The molecule has 1 saturated heterocycles. The van der Waals surface area contributed by atoms with Gasteiger partial charge < -0.3 is 15.2 Å². The first kappa shape index (κ1) is 15.4. The Hall–Kier alpha value is -3.14. The van der Waals surface area contributed by atoms with Gasteiger partial charge >= 0.3 is 0 Å². The van der Waals surface area contributed by atoms with Gasteiger partial charge in [0.05, 0.1) is 17.8 Å². The molecule has 1 aliphatic heterocycles. The van der Waals surface area contributed by atoms with Crippen molar-refractivity contribution in [1.82, 2.24) is 20.3 Å². The third-order valence-electron chi connectivity index (χ3n) is 4.64. The molecule has 0 aromatic carbocycles. The van der Waals surface area contributed by atoms with E-state index in [1.54, 1.807) is 6.20 Å². The van der Waals surface area contributed by atoms with Gasteiger partial charge in [-0.25, -0.2) is 9.97 Å². The zero-order valence-electron chi connectivity index (χ0n) is 13.7. The summed E-state index contributed by atoms with van der Waals surface area (Å²) >= 11 is 0. The Bertz CT molecular complexity index is 973. The third-order valence-corrected chi connectivity index (χ3v) is 4.64. The highest BCUT2D eigenvalue weighted by molar-refractivity contribution is 6.10. The minimum Gasteiger partial charge on any atom is -0.369 e. The van der Waals surface area contributed by atoms with Gasteiger partial charge in [0.15, 0.2) is 5.65 Å². The van der Waals surface area contributed by atoms with Crippen LogP contribution in [0, 0.1) is 11.3 Å². The molecule has 1 amide bonds. The molecule has 1 unspecified atom stereocenters. The van der Waals surface area contributed by atoms with E-state index in [0.717, 1.165) is 53.6 Å². The number of nitrogens with zero attached hydrogens (tertiary/aromatic N) is 4. The highest BCUT2D eigenvalue weighted by atomic mass is 16.1. The summed E-state index contributed by atoms with van der Waals surface area (Å²) in [6, 6.07) is 6.00. The number of aromatic amines is 1. The summed E-state index contributed by atoms with van der Waals surface area (Å²) in [6.45, 7) is 1.66. The van der Waals surface area contributed by atoms with E-state index < -0.39 is 0 Å². The van der Waals surface area contributed by atoms with E-state index in [1.807, 2.05) is 24.5 Å². The maximum atomic E-state index is 11.7. The summed E-state index contributed by atoms with van der Waals surface area (Å²) in [5.41, 5.74) is 2.83. The van der Waals surface area contributed by atoms with Gasteiger partial charge in [-0.3, -0.25) is 4.79 Å². The highest BCUT2D eigenvalue weighted by Gasteiger charge is 2.23. The molecule has 1 fully saturated rings. The van der Waals surface area contributed by atoms with Crippen molar-refractivity contribution in [3.05, 3.63) is 30.7 Å². The second kappa shape index (κ2) is 6.40. The number of amides is 1. The van der Waals surface area contributed by atoms with Crippen molar-refractivity contribution in [1.29, 1.82) is 5.26 Å². The Labute approximate surface area is 144 Å². The minimum atomic E-state index is -0.201. The van der Waals surface area contributed by atoms with Crippen molar-refractivity contribution >= 4 is 33.5 Å². The number of hydrogen-bond donors (Lipinski definition) is 2. The number of pyridine rings is 2. The van der Waals surface area contributed by atoms with E-state index in [4.69, 9.17) is 5.26 Å². The number of carbonyl (C=O) groups excluding carboxylic acids is 1. The van der Waals surface area contributed by atoms with Crippen molar-refractivity contribution < 1.29 is 4.79 Å². The van der Waals surface area contributed by atoms with Crippen molar-refractivity contribution in [2.75, 3.05) is 18.0 Å². The predicted molar refractivity (Wildman–Crippen MR) is 95.0 cm³/mol. The molecule has 7 nitrogen and oxygen atoms in total. The van der Waals surface area contributed by atoms with Gasteiger partial charge in [-0.2, -0.15) is 5.26 Å². The molecule has 7 heteroatoms. The molecule has 126 valence electrons. The summed E-state index contributed by atoms with van der Waals surface area (Å²) in [4.78, 5) is 26.0. The Morgan fingerprint density at radius 2 is 2.36 bits per heavy atom. The van der Waals surface area contributed by atoms with E-state index in [1.165, 1.54) is 0 Å². The molecule has 4 heterocycles. The number of anilines is 1. The predicted octanol–water partition coefficient (Wildman–Crippen LogP) is 2.11. The monoisotopic (exact) mass is 334 g/mol. The lowest BCUT2D eigenvalue weighted by Crippen LogP contribution is -2.47. The lowest BCUT2D eigenvalue weighted by atomic mass is 10.0. The molecular formula is C18H18N6O. The van der Waals surface area contributed by atoms with Gasteiger partial charge in [-0.15, -0.1) is 0 Å². The number of rotatable bonds is 3. The second-order valence-corrected chi connectivity index (χ2v) is 6.28. The summed E-state index contributed by atoms with van der Waals surface area (Å²) in [6.07, 6.45) is 7.33. The fourth-order valence-electron chi connectivity index (χ4n) is 3.57. The summed E-state index contributed by atoms with van der Waals surface area (Å²) < 4.78 is 0. The van der Waals surface area contributed by atoms with Crippen LogP contribution < -0.4 is 10.2 Å². The van der Waals surface area contributed by atoms with Crippen LogP contribution in [-0.2, 0) is 4.79 Å². The van der Waals surface area contributed by atoms with Gasteiger partial charge in [0.25, 0.3) is 0 Å². The number of nitriles is 1. The van der Waals surface area contributed by atoms with E-state index in [0.29, 0.717) is 0 Å². The molecular weight excluding hydrogens is 316 g/mol. The molecule has 2 N–H and O–H groups in total. The van der Waals surface area contributed by atoms with Crippen LogP contribution >= 0.6 is 0 Å². The van der Waals surface area contributed by atoms with Crippen LogP contribution in [0.5, 0.6) is 0 Å². The van der Waals surface area contributed by atoms with Crippen molar-refractivity contribution in [3.8, 4) is 6.07 Å². The molecule has 3 aromatic rings. The van der Waals surface area contributed by atoms with Crippen molar-refractivity contribution in [2.24, 2.45) is 0 Å². The maximum absolute atomic E-state index is 11.7. The smallest absolute Gasteiger partial charge is 0.234 e. The minimum absolute atomic E-state index is 0.0592. The molecule has 4 rings (SSSR count). The first-order valence-electron chi connectivity index (χ1n) is 8.38. The first-order valence-corrected chi connectivity index (χ1v) is 8.38. The van der Waals surface area contributed by atoms with Gasteiger partial charge in [-0.05, 0) is 25.0 Å². The zero-order chi connectivity index (χ0) is 17.2. The molecule has 0 radical (unpaired) electrons. The fraction of sp³-hybridized carbons (Fsp3) is 0.333. The third kappa shape index (κ3) is 2.87. The zero-order valence-corrected chi connectivity index (χ0v) is 13.7. The average molecular weight is 334 g/mol. The van der Waals surface area contributed by atoms with Crippen molar-refractivity contribution in [2.45, 2.75) is 25.3 Å². The number of piperidine rings is 1. The topological polar surface area (TPSA) is 97.7 Å². The molecule has 0 aliphatic carbocycles. The van der Waals surface area contributed by atoms with Crippen LogP contribution in [0.3, 0.4) is 0 Å². The quantitative estimate of drug-likeness (QED) is 0.764. The van der Waals surface area contributed by atoms with Crippen LogP contribution in [-0.4, -0.2) is 40.0 Å². The molecule has 1 aliphatic rings. The Morgan fingerprint density at radius 1 is 1.44 bits per heavy atom. The lowest BCUT2D eigenvalue weighted by Gasteiger charge is -2.35. The second-order valence-electron chi connectivity index (χ2n) is 6.28. The molecule has 0 saturated carbocycles. The van der Waals surface area contributed by atoms with Crippen LogP contribution in [0.2, 0.25) is 0 Å². The van der Waals surface area contributed by atoms with Gasteiger partial charge in [0, 0.05) is 48.0 Å². The molecule has 0 bridgehead atoms. The molecule has 0 spiro atoms. The Balaban J connectivity index is 1.68. The van der Waals surface area contributed by atoms with Crippen molar-refractivity contribution in [3.63, 3.8) is 0 Å². The highest BCUT2D eigenvalue weighted by Crippen LogP contribution is 2.32. The maximum Gasteiger partial charge on any atom is 0.234 e. The van der Waals surface area contributed by atoms with E-state index in [2.05, 4.69) is 31.2 Å². The number of H-pyrrole nitrogens is 1.